The fraction of sp³-hybridized carbons (Fsp3) is 1.00. The molecule has 0 bridgehead atoms. The van der Waals surface area contributed by atoms with Gasteiger partial charge in [0, 0.05) is 0 Å². The van der Waals surface area contributed by atoms with Crippen LogP contribution in [0, 0.1) is 0 Å². The summed E-state index contributed by atoms with van der Waals surface area (Å²) in [6.45, 7) is 9.58. The number of hydrogen-bond acceptors (Lipinski definition) is 5. The Bertz CT molecular complexity index is 306. The van der Waals surface area contributed by atoms with Gasteiger partial charge in [0.05, 0.1) is 0 Å². The Kier molecular flexibility index (Phi) is 9.31. The van der Waals surface area contributed by atoms with Gasteiger partial charge in [-0.2, -0.15) is 0 Å². The SMILES string of the molecule is CCCCO[PH](O)(OCCCC)[C@@H](Br)C[C@H]1COC(C)(C)O1. The molecule has 0 spiro atoms. The summed E-state index contributed by atoms with van der Waals surface area (Å²) >= 11 is 3.58. The van der Waals surface area contributed by atoms with Crippen LogP contribution >= 0.6 is 23.9 Å². The maximum absolute atomic E-state index is 10.9. The van der Waals surface area contributed by atoms with E-state index in [1.165, 1.54) is 0 Å². The summed E-state index contributed by atoms with van der Waals surface area (Å²) in [5, 5.41) is 0. The number of ether oxygens (including phenoxy) is 2. The van der Waals surface area contributed by atoms with E-state index in [0.717, 1.165) is 25.7 Å². The van der Waals surface area contributed by atoms with Crippen LogP contribution in [0.1, 0.15) is 59.8 Å². The Hall–Kier alpha value is 0.710. The molecule has 0 radical (unpaired) electrons. The van der Waals surface area contributed by atoms with Gasteiger partial charge < -0.3 is 0 Å². The summed E-state index contributed by atoms with van der Waals surface area (Å²) in [7, 11) is -3.26. The van der Waals surface area contributed by atoms with Crippen molar-refractivity contribution in [3.05, 3.63) is 0 Å². The van der Waals surface area contributed by atoms with E-state index < -0.39 is 13.7 Å². The van der Waals surface area contributed by atoms with Gasteiger partial charge in [-0.15, -0.1) is 0 Å². The first-order valence-electron chi connectivity index (χ1n) is 8.29. The number of hydrogen-bond donors (Lipinski definition) is 1. The van der Waals surface area contributed by atoms with E-state index in [2.05, 4.69) is 29.8 Å². The number of rotatable bonds is 11. The zero-order valence-corrected chi connectivity index (χ0v) is 16.9. The first-order chi connectivity index (χ1) is 10.3. The molecule has 0 aliphatic carbocycles. The minimum atomic E-state index is -3.26. The van der Waals surface area contributed by atoms with Crippen LogP contribution in [0.15, 0.2) is 0 Å². The molecule has 7 heteroatoms. The predicted octanol–water partition coefficient (Wildman–Crippen LogP) is 4.37. The van der Waals surface area contributed by atoms with E-state index in [1.807, 2.05) is 13.8 Å². The van der Waals surface area contributed by atoms with Crippen LogP contribution in [0.2, 0.25) is 0 Å². The fourth-order valence-corrected chi connectivity index (χ4v) is 5.30. The molecule has 0 aromatic rings. The Morgan fingerprint density at radius 1 is 1.23 bits per heavy atom. The van der Waals surface area contributed by atoms with Crippen molar-refractivity contribution < 1.29 is 23.4 Å². The Morgan fingerprint density at radius 2 is 1.77 bits per heavy atom. The molecule has 1 N–H and O–H groups in total. The maximum atomic E-state index is 10.9. The first kappa shape index (κ1) is 20.8. The molecule has 0 aromatic carbocycles. The first-order valence-corrected chi connectivity index (χ1v) is 11.0. The van der Waals surface area contributed by atoms with Crippen molar-refractivity contribution in [1.82, 2.24) is 0 Å². The molecule has 22 heavy (non-hydrogen) atoms. The molecular formula is C15H32BrO5P. The number of unbranched alkanes of at least 4 members (excludes halogenated alkanes) is 2. The molecule has 2 atom stereocenters. The van der Waals surface area contributed by atoms with E-state index in [1.54, 1.807) is 0 Å². The fourth-order valence-electron chi connectivity index (χ4n) is 2.21. The van der Waals surface area contributed by atoms with Crippen molar-refractivity contribution in [2.24, 2.45) is 0 Å². The van der Waals surface area contributed by atoms with Crippen molar-refractivity contribution in [3.8, 4) is 0 Å². The van der Waals surface area contributed by atoms with Crippen molar-refractivity contribution >= 4 is 23.9 Å². The van der Waals surface area contributed by atoms with Crippen LogP contribution < -0.4 is 0 Å². The monoisotopic (exact) mass is 402 g/mol. The van der Waals surface area contributed by atoms with E-state index in [-0.39, 0.29) is 10.7 Å². The molecule has 1 heterocycles. The summed E-state index contributed by atoms with van der Waals surface area (Å²) < 4.78 is 22.7. The second-order valence-electron chi connectivity index (χ2n) is 6.19. The third-order valence-electron chi connectivity index (χ3n) is 3.55. The van der Waals surface area contributed by atoms with Crippen molar-refractivity contribution in [2.75, 3.05) is 19.8 Å². The molecule has 134 valence electrons. The summed E-state index contributed by atoms with van der Waals surface area (Å²) in [6, 6.07) is 0. The van der Waals surface area contributed by atoms with Crippen LogP contribution in [0.4, 0.5) is 0 Å². The Balaban J connectivity index is 2.55. The second kappa shape index (κ2) is 9.87. The molecule has 1 rings (SSSR count). The van der Waals surface area contributed by atoms with Gasteiger partial charge in [-0.3, -0.25) is 0 Å². The van der Waals surface area contributed by atoms with Gasteiger partial charge in [0.1, 0.15) is 0 Å². The zero-order valence-electron chi connectivity index (χ0n) is 14.3. The van der Waals surface area contributed by atoms with Gasteiger partial charge in [0.25, 0.3) is 0 Å². The van der Waals surface area contributed by atoms with Crippen LogP contribution in [-0.2, 0) is 18.5 Å². The Morgan fingerprint density at radius 3 is 2.18 bits per heavy atom. The molecule has 1 aliphatic rings. The van der Waals surface area contributed by atoms with Crippen LogP contribution in [-0.4, -0.2) is 41.2 Å². The third-order valence-corrected chi connectivity index (χ3v) is 7.92. The van der Waals surface area contributed by atoms with Gasteiger partial charge in [-0.25, -0.2) is 0 Å². The zero-order chi connectivity index (χ0) is 16.6. The van der Waals surface area contributed by atoms with Gasteiger partial charge >= 0.3 is 143 Å². The van der Waals surface area contributed by atoms with E-state index in [0.29, 0.717) is 26.2 Å². The minimum absolute atomic E-state index is 0.0528. The normalized spacial score (nSPS) is 23.6. The van der Waals surface area contributed by atoms with Gasteiger partial charge in [-0.05, 0) is 0 Å². The van der Waals surface area contributed by atoms with E-state index in [4.69, 9.17) is 18.5 Å². The number of alkyl halides is 1. The quantitative estimate of drug-likeness (QED) is 0.316. The third kappa shape index (κ3) is 7.08. The van der Waals surface area contributed by atoms with E-state index in [9.17, 15) is 4.89 Å². The van der Waals surface area contributed by atoms with Gasteiger partial charge in [0.2, 0.25) is 0 Å². The summed E-state index contributed by atoms with van der Waals surface area (Å²) in [5.74, 6) is -0.552. The molecule has 1 saturated heterocycles. The van der Waals surface area contributed by atoms with Crippen LogP contribution in [0.25, 0.3) is 0 Å². The standard InChI is InChI=1S/C15H32BrO5P/c1-5-7-9-19-22(17,20-10-8-6-2)14(16)11-13-12-18-15(3,4)21-13/h13-14,17,22H,5-12H2,1-4H3/t13-,14+/m0/s1. The molecular weight excluding hydrogens is 371 g/mol. The summed E-state index contributed by atoms with van der Waals surface area (Å²) in [5.41, 5.74) is 0. The van der Waals surface area contributed by atoms with Crippen molar-refractivity contribution in [3.63, 3.8) is 0 Å². The average molecular weight is 403 g/mol. The van der Waals surface area contributed by atoms with Gasteiger partial charge in [0.15, 0.2) is 0 Å². The molecule has 1 aliphatic heterocycles. The molecule has 5 nitrogen and oxygen atoms in total. The van der Waals surface area contributed by atoms with Crippen LogP contribution in [0.5, 0.6) is 0 Å². The molecule has 0 unspecified atom stereocenters. The second-order valence-corrected chi connectivity index (χ2v) is 10.7. The molecule has 0 aromatic heterocycles. The van der Waals surface area contributed by atoms with Crippen molar-refractivity contribution in [2.45, 2.75) is 76.3 Å². The molecule has 0 amide bonds. The molecule has 1 fully saturated rings. The topological polar surface area (TPSA) is 57.2 Å². The summed E-state index contributed by atoms with van der Waals surface area (Å²) in [6.07, 6.45) is 4.46. The van der Waals surface area contributed by atoms with Crippen molar-refractivity contribution in [1.29, 1.82) is 0 Å². The Labute approximate surface area is 143 Å². The van der Waals surface area contributed by atoms with Gasteiger partial charge in [-0.1, -0.05) is 0 Å². The summed E-state index contributed by atoms with van der Waals surface area (Å²) in [4.78, 5) is 10.9. The molecule has 0 saturated carbocycles. The van der Waals surface area contributed by atoms with E-state index >= 15 is 0 Å². The average Bonchev–Trinajstić information content (AvgIpc) is 2.78. The predicted molar refractivity (Wildman–Crippen MR) is 94.5 cm³/mol. The number of halogens is 1. The van der Waals surface area contributed by atoms with Crippen LogP contribution in [0.3, 0.4) is 0 Å².